The van der Waals surface area contributed by atoms with E-state index in [2.05, 4.69) is 5.32 Å². The van der Waals surface area contributed by atoms with Gasteiger partial charge < -0.3 is 24.3 Å². The maximum atomic E-state index is 12.8. The number of para-hydroxylation sites is 2. The van der Waals surface area contributed by atoms with Crippen LogP contribution in [0.5, 0.6) is 11.5 Å². The Kier molecular flexibility index (Phi) is 7.92. The average molecular weight is 453 g/mol. The van der Waals surface area contributed by atoms with Gasteiger partial charge in [-0.05, 0) is 50.6 Å². The van der Waals surface area contributed by atoms with Crippen LogP contribution < -0.4 is 14.8 Å². The lowest BCUT2D eigenvalue weighted by Crippen LogP contribution is -2.35. The van der Waals surface area contributed by atoms with Gasteiger partial charge >= 0.3 is 0 Å². The van der Waals surface area contributed by atoms with Gasteiger partial charge in [-0.2, -0.15) is 0 Å². The van der Waals surface area contributed by atoms with E-state index in [-0.39, 0.29) is 30.8 Å². The van der Waals surface area contributed by atoms with Crippen molar-refractivity contribution in [2.45, 2.75) is 39.8 Å². The fourth-order valence-electron chi connectivity index (χ4n) is 3.94. The normalized spacial score (nSPS) is 11.8. The molecule has 2 aromatic carbocycles. The van der Waals surface area contributed by atoms with Crippen LogP contribution in [0.25, 0.3) is 11.0 Å². The van der Waals surface area contributed by atoms with Crippen LogP contribution in [0.1, 0.15) is 38.2 Å². The van der Waals surface area contributed by atoms with Crippen LogP contribution in [0.3, 0.4) is 0 Å². The minimum Gasteiger partial charge on any atom is -0.493 e. The number of nitrogens with zero attached hydrogens (tertiary/aromatic N) is 3. The Morgan fingerprint density at radius 1 is 1.06 bits per heavy atom. The number of nitrogens with one attached hydrogen (secondary N) is 1. The van der Waals surface area contributed by atoms with Crippen LogP contribution in [-0.2, 0) is 22.6 Å². The topological polar surface area (TPSA) is 85.7 Å². The quantitative estimate of drug-likeness (QED) is 0.510. The molecule has 1 atom stereocenters. The molecule has 8 heteroatoms. The second-order valence-electron chi connectivity index (χ2n) is 7.77. The first-order chi connectivity index (χ1) is 15.9. The van der Waals surface area contributed by atoms with E-state index >= 15 is 0 Å². The molecule has 33 heavy (non-hydrogen) atoms. The zero-order chi connectivity index (χ0) is 24.0. The van der Waals surface area contributed by atoms with E-state index in [1.54, 1.807) is 31.3 Å². The molecule has 176 valence electrons. The van der Waals surface area contributed by atoms with Crippen LogP contribution in [0.15, 0.2) is 42.5 Å². The first kappa shape index (κ1) is 24.1. The molecule has 3 aromatic rings. The highest BCUT2D eigenvalue weighted by Gasteiger charge is 2.21. The Balaban J connectivity index is 1.81. The number of rotatable bonds is 10. The minimum absolute atomic E-state index is 0.0215. The molecule has 1 unspecified atom stereocenters. The van der Waals surface area contributed by atoms with Crippen molar-refractivity contribution in [2.75, 3.05) is 27.3 Å². The van der Waals surface area contributed by atoms with Crippen molar-refractivity contribution in [3.05, 3.63) is 53.9 Å². The van der Waals surface area contributed by atoms with Gasteiger partial charge in [0.25, 0.3) is 0 Å². The third kappa shape index (κ3) is 5.45. The van der Waals surface area contributed by atoms with Crippen LogP contribution in [0.2, 0.25) is 0 Å². The molecule has 0 aliphatic heterocycles. The van der Waals surface area contributed by atoms with Crippen molar-refractivity contribution in [2.24, 2.45) is 0 Å². The standard InChI is InChI=1S/C25H32N4O4/c1-6-28(7-2)24(31)16-29-20-11-9-8-10-19(20)27-25(29)17(3)26-23(30)15-18-12-13-21(32-4)22(14-18)33-5/h8-14,17H,6-7,15-16H2,1-5H3,(H,26,30). The van der Waals surface area contributed by atoms with E-state index in [1.807, 2.05) is 55.7 Å². The van der Waals surface area contributed by atoms with Crippen molar-refractivity contribution < 1.29 is 19.1 Å². The summed E-state index contributed by atoms with van der Waals surface area (Å²) in [5.41, 5.74) is 2.47. The molecule has 0 saturated carbocycles. The molecule has 1 heterocycles. The Labute approximate surface area is 194 Å². The number of imidazole rings is 1. The third-order valence-electron chi connectivity index (χ3n) is 5.67. The first-order valence-corrected chi connectivity index (χ1v) is 11.1. The average Bonchev–Trinajstić information content (AvgIpc) is 3.18. The number of ether oxygens (including phenoxy) is 2. The second kappa shape index (κ2) is 10.8. The lowest BCUT2D eigenvalue weighted by atomic mass is 10.1. The number of carbonyl (C=O) groups is 2. The van der Waals surface area contributed by atoms with Gasteiger partial charge in [-0.15, -0.1) is 0 Å². The summed E-state index contributed by atoms with van der Waals surface area (Å²) in [5, 5.41) is 3.02. The monoisotopic (exact) mass is 452 g/mol. The molecule has 0 radical (unpaired) electrons. The molecule has 0 aliphatic carbocycles. The van der Waals surface area contributed by atoms with E-state index in [1.165, 1.54) is 0 Å². The predicted octanol–water partition coefficient (Wildman–Crippen LogP) is 3.34. The maximum absolute atomic E-state index is 12.8. The van der Waals surface area contributed by atoms with Crippen LogP contribution in [0, 0.1) is 0 Å². The number of likely N-dealkylation sites (N-methyl/N-ethyl adjacent to an activating group) is 1. The lowest BCUT2D eigenvalue weighted by molar-refractivity contribution is -0.131. The van der Waals surface area contributed by atoms with E-state index < -0.39 is 0 Å². The summed E-state index contributed by atoms with van der Waals surface area (Å²) < 4.78 is 12.5. The molecule has 0 bridgehead atoms. The molecular weight excluding hydrogens is 420 g/mol. The number of methoxy groups -OCH3 is 2. The summed E-state index contributed by atoms with van der Waals surface area (Å²) in [4.78, 5) is 32.2. The van der Waals surface area contributed by atoms with Gasteiger partial charge in [0.1, 0.15) is 12.4 Å². The van der Waals surface area contributed by atoms with Gasteiger partial charge in [0.15, 0.2) is 11.5 Å². The second-order valence-corrected chi connectivity index (χ2v) is 7.77. The summed E-state index contributed by atoms with van der Waals surface area (Å²) in [6.07, 6.45) is 0.184. The zero-order valence-electron chi connectivity index (χ0n) is 19.9. The SMILES string of the molecule is CCN(CC)C(=O)Cn1c(C(C)NC(=O)Cc2ccc(OC)c(OC)c2)nc2ccccc21. The largest absolute Gasteiger partial charge is 0.493 e. The number of aromatic nitrogens is 2. The summed E-state index contributed by atoms with van der Waals surface area (Å²) in [6.45, 7) is 7.28. The van der Waals surface area contributed by atoms with Crippen molar-refractivity contribution in [1.82, 2.24) is 19.8 Å². The van der Waals surface area contributed by atoms with Gasteiger partial charge in [0.05, 0.1) is 37.7 Å². The van der Waals surface area contributed by atoms with Gasteiger partial charge in [-0.25, -0.2) is 4.98 Å². The van der Waals surface area contributed by atoms with Crippen molar-refractivity contribution in [1.29, 1.82) is 0 Å². The summed E-state index contributed by atoms with van der Waals surface area (Å²) in [5.74, 6) is 1.71. The zero-order valence-corrected chi connectivity index (χ0v) is 19.9. The predicted molar refractivity (Wildman–Crippen MR) is 127 cm³/mol. The highest BCUT2D eigenvalue weighted by molar-refractivity contribution is 5.82. The number of hydrogen-bond donors (Lipinski definition) is 1. The Morgan fingerprint density at radius 2 is 1.76 bits per heavy atom. The van der Waals surface area contributed by atoms with E-state index in [0.29, 0.717) is 30.4 Å². The number of benzene rings is 2. The number of fused-ring (bicyclic) bond motifs is 1. The molecule has 0 aliphatic rings. The van der Waals surface area contributed by atoms with Gasteiger partial charge in [-0.1, -0.05) is 18.2 Å². The number of hydrogen-bond acceptors (Lipinski definition) is 5. The Morgan fingerprint density at radius 3 is 2.42 bits per heavy atom. The maximum Gasteiger partial charge on any atom is 0.242 e. The molecule has 8 nitrogen and oxygen atoms in total. The van der Waals surface area contributed by atoms with Crippen molar-refractivity contribution >= 4 is 22.8 Å². The molecule has 1 aromatic heterocycles. The fourth-order valence-corrected chi connectivity index (χ4v) is 3.94. The molecule has 0 saturated heterocycles. The van der Waals surface area contributed by atoms with E-state index in [9.17, 15) is 9.59 Å². The van der Waals surface area contributed by atoms with Crippen LogP contribution in [0.4, 0.5) is 0 Å². The lowest BCUT2D eigenvalue weighted by Gasteiger charge is -2.21. The van der Waals surface area contributed by atoms with Crippen LogP contribution in [-0.4, -0.2) is 53.6 Å². The highest BCUT2D eigenvalue weighted by Crippen LogP contribution is 2.28. The van der Waals surface area contributed by atoms with Crippen molar-refractivity contribution in [3.8, 4) is 11.5 Å². The fraction of sp³-hybridized carbons (Fsp3) is 0.400. The molecular formula is C25H32N4O4. The molecule has 0 spiro atoms. The van der Waals surface area contributed by atoms with E-state index in [4.69, 9.17) is 14.5 Å². The Hall–Kier alpha value is -3.55. The first-order valence-electron chi connectivity index (χ1n) is 11.1. The molecule has 2 amide bonds. The number of amides is 2. The smallest absolute Gasteiger partial charge is 0.242 e. The molecule has 3 rings (SSSR count). The third-order valence-corrected chi connectivity index (χ3v) is 5.67. The number of carbonyl (C=O) groups excluding carboxylic acids is 2. The summed E-state index contributed by atoms with van der Waals surface area (Å²) in [7, 11) is 3.14. The van der Waals surface area contributed by atoms with Crippen LogP contribution >= 0.6 is 0 Å². The minimum atomic E-state index is -0.380. The van der Waals surface area contributed by atoms with Gasteiger partial charge in [0.2, 0.25) is 11.8 Å². The van der Waals surface area contributed by atoms with Gasteiger partial charge in [0, 0.05) is 13.1 Å². The summed E-state index contributed by atoms with van der Waals surface area (Å²) >= 11 is 0. The van der Waals surface area contributed by atoms with Gasteiger partial charge in [-0.3, -0.25) is 9.59 Å². The molecule has 1 N–H and O–H groups in total. The Bertz CT molecular complexity index is 1120. The van der Waals surface area contributed by atoms with Crippen molar-refractivity contribution in [3.63, 3.8) is 0 Å². The highest BCUT2D eigenvalue weighted by atomic mass is 16.5. The van der Waals surface area contributed by atoms with E-state index in [0.717, 1.165) is 16.6 Å². The summed E-state index contributed by atoms with van der Waals surface area (Å²) in [6, 6.07) is 12.7. The molecule has 0 fully saturated rings.